The van der Waals surface area contributed by atoms with Crippen molar-refractivity contribution in [1.82, 2.24) is 0 Å². The summed E-state index contributed by atoms with van der Waals surface area (Å²) in [4.78, 5) is 11.0. The Bertz CT molecular complexity index is 168. The summed E-state index contributed by atoms with van der Waals surface area (Å²) < 4.78 is 15.3. The Balaban J connectivity index is 3.83. The van der Waals surface area contributed by atoms with E-state index in [0.717, 1.165) is 6.42 Å². The van der Waals surface area contributed by atoms with Crippen molar-refractivity contribution < 1.29 is 13.7 Å². The minimum atomic E-state index is -0.814. The zero-order valence-electron chi connectivity index (χ0n) is 7.83. The van der Waals surface area contributed by atoms with Gasteiger partial charge in [-0.3, -0.25) is 9.00 Å². The Labute approximate surface area is 75.9 Å². The molecule has 0 aliphatic heterocycles. The van der Waals surface area contributed by atoms with Gasteiger partial charge in [0.05, 0.1) is 13.0 Å². The number of hydrogen-bond acceptors (Lipinski definition) is 3. The molecule has 12 heavy (non-hydrogen) atoms. The Kier molecular flexibility index (Phi) is 5.98. The monoisotopic (exact) mass is 192 g/mol. The summed E-state index contributed by atoms with van der Waals surface area (Å²) in [6.45, 7) is 1.93. The van der Waals surface area contributed by atoms with Crippen LogP contribution in [-0.2, 0) is 20.3 Å². The van der Waals surface area contributed by atoms with Crippen molar-refractivity contribution >= 4 is 16.8 Å². The summed E-state index contributed by atoms with van der Waals surface area (Å²) in [7, 11) is 0.569. The average Bonchev–Trinajstić information content (AvgIpc) is 2.04. The summed E-state index contributed by atoms with van der Waals surface area (Å²) in [5.74, 6) is 0.301. The zero-order valence-corrected chi connectivity index (χ0v) is 8.65. The van der Waals surface area contributed by atoms with E-state index in [1.807, 2.05) is 6.92 Å². The summed E-state index contributed by atoms with van der Waals surface area (Å²) in [6.07, 6.45) is 3.06. The van der Waals surface area contributed by atoms with E-state index in [1.54, 1.807) is 6.26 Å². The molecule has 3 nitrogen and oxygen atoms in total. The number of hydrogen-bond donors (Lipinski definition) is 0. The maximum Gasteiger partial charge on any atom is 0.308 e. The average molecular weight is 192 g/mol. The molecule has 72 valence electrons. The summed E-state index contributed by atoms with van der Waals surface area (Å²) in [5, 5.41) is 0. The fourth-order valence-electron chi connectivity index (χ4n) is 0.964. The molecule has 2 atom stereocenters. The molecule has 0 aliphatic rings. The van der Waals surface area contributed by atoms with Crippen LogP contribution in [0.25, 0.3) is 0 Å². The predicted octanol–water partition coefficient (Wildman–Crippen LogP) is 0.954. The third-order valence-corrected chi connectivity index (χ3v) is 2.59. The lowest BCUT2D eigenvalue weighted by molar-refractivity contribution is -0.145. The lowest BCUT2D eigenvalue weighted by Crippen LogP contribution is -2.17. The third kappa shape index (κ3) is 4.49. The largest absolute Gasteiger partial charge is 0.469 e. The molecule has 0 saturated heterocycles. The maximum absolute atomic E-state index is 11.0. The SMILES string of the molecule is CC[C@@H](CCS(C)=O)C(=O)OC. The van der Waals surface area contributed by atoms with E-state index in [1.165, 1.54) is 7.11 Å². The van der Waals surface area contributed by atoms with Gasteiger partial charge in [-0.25, -0.2) is 0 Å². The Morgan fingerprint density at radius 3 is 2.50 bits per heavy atom. The van der Waals surface area contributed by atoms with Crippen molar-refractivity contribution in [2.45, 2.75) is 19.8 Å². The first kappa shape index (κ1) is 11.6. The molecule has 1 unspecified atom stereocenters. The van der Waals surface area contributed by atoms with Gasteiger partial charge >= 0.3 is 5.97 Å². The molecule has 4 heteroatoms. The smallest absolute Gasteiger partial charge is 0.308 e. The maximum atomic E-state index is 11.0. The van der Waals surface area contributed by atoms with Gasteiger partial charge in [0, 0.05) is 22.8 Å². The van der Waals surface area contributed by atoms with Crippen molar-refractivity contribution in [3.63, 3.8) is 0 Å². The van der Waals surface area contributed by atoms with E-state index in [4.69, 9.17) is 0 Å². The molecule has 0 N–H and O–H groups in total. The van der Waals surface area contributed by atoms with Crippen LogP contribution >= 0.6 is 0 Å². The highest BCUT2D eigenvalue weighted by molar-refractivity contribution is 7.84. The minimum Gasteiger partial charge on any atom is -0.469 e. The molecule has 0 aliphatic carbocycles. The van der Waals surface area contributed by atoms with E-state index in [2.05, 4.69) is 4.74 Å². The van der Waals surface area contributed by atoms with Crippen LogP contribution in [0.3, 0.4) is 0 Å². The van der Waals surface area contributed by atoms with E-state index < -0.39 is 10.8 Å². The Morgan fingerprint density at radius 1 is 1.58 bits per heavy atom. The lowest BCUT2D eigenvalue weighted by Gasteiger charge is -2.10. The van der Waals surface area contributed by atoms with Gasteiger partial charge in [0.2, 0.25) is 0 Å². The fraction of sp³-hybridized carbons (Fsp3) is 0.875. The van der Waals surface area contributed by atoms with Crippen molar-refractivity contribution in [2.75, 3.05) is 19.1 Å². The second-order valence-electron chi connectivity index (χ2n) is 2.69. The summed E-state index contributed by atoms with van der Waals surface area (Å²) in [6, 6.07) is 0. The third-order valence-electron chi connectivity index (χ3n) is 1.78. The van der Waals surface area contributed by atoms with E-state index in [0.29, 0.717) is 12.2 Å². The van der Waals surface area contributed by atoms with Gasteiger partial charge in [-0.15, -0.1) is 0 Å². The summed E-state index contributed by atoms with van der Waals surface area (Å²) >= 11 is 0. The van der Waals surface area contributed by atoms with Gasteiger partial charge in [-0.1, -0.05) is 6.92 Å². The molecular formula is C8H16O3S. The van der Waals surface area contributed by atoms with Crippen LogP contribution in [0.15, 0.2) is 0 Å². The van der Waals surface area contributed by atoms with E-state index in [9.17, 15) is 9.00 Å². The fourth-order valence-corrected chi connectivity index (χ4v) is 1.58. The first-order chi connectivity index (χ1) is 5.61. The second kappa shape index (κ2) is 6.17. The van der Waals surface area contributed by atoms with Crippen LogP contribution in [0.5, 0.6) is 0 Å². The van der Waals surface area contributed by atoms with Crippen molar-refractivity contribution in [3.8, 4) is 0 Å². The molecule has 0 aromatic heterocycles. The second-order valence-corrected chi connectivity index (χ2v) is 4.25. The first-order valence-corrected chi connectivity index (χ1v) is 5.72. The number of methoxy groups -OCH3 is 1. The van der Waals surface area contributed by atoms with E-state index >= 15 is 0 Å². The van der Waals surface area contributed by atoms with Crippen molar-refractivity contribution in [3.05, 3.63) is 0 Å². The molecular weight excluding hydrogens is 176 g/mol. The first-order valence-electron chi connectivity index (χ1n) is 3.99. The van der Waals surface area contributed by atoms with Gasteiger partial charge < -0.3 is 4.74 Å². The summed E-state index contributed by atoms with van der Waals surface area (Å²) in [5.41, 5.74) is 0. The molecule has 0 aromatic carbocycles. The van der Waals surface area contributed by atoms with Gasteiger partial charge in [-0.05, 0) is 12.8 Å². The standard InChI is InChI=1S/C8H16O3S/c1-4-7(8(9)11-2)5-6-12(3)10/h7H,4-6H2,1-3H3/t7-,12?/m0/s1. The topological polar surface area (TPSA) is 43.4 Å². The lowest BCUT2D eigenvalue weighted by atomic mass is 10.0. The predicted molar refractivity (Wildman–Crippen MR) is 49.3 cm³/mol. The molecule has 0 radical (unpaired) electrons. The van der Waals surface area contributed by atoms with Crippen LogP contribution in [0.1, 0.15) is 19.8 Å². The van der Waals surface area contributed by atoms with E-state index in [-0.39, 0.29) is 11.9 Å². The number of ether oxygens (including phenoxy) is 1. The van der Waals surface area contributed by atoms with Gasteiger partial charge in [-0.2, -0.15) is 0 Å². The van der Waals surface area contributed by atoms with Crippen molar-refractivity contribution in [1.29, 1.82) is 0 Å². The number of esters is 1. The van der Waals surface area contributed by atoms with Crippen molar-refractivity contribution in [2.24, 2.45) is 5.92 Å². The van der Waals surface area contributed by atoms with Gasteiger partial charge in [0.15, 0.2) is 0 Å². The number of rotatable bonds is 5. The highest BCUT2D eigenvalue weighted by Crippen LogP contribution is 2.10. The Hall–Kier alpha value is -0.380. The number of carbonyl (C=O) groups excluding carboxylic acids is 1. The normalized spacial score (nSPS) is 15.2. The Morgan fingerprint density at radius 2 is 2.17 bits per heavy atom. The molecule has 0 heterocycles. The number of carbonyl (C=O) groups is 1. The van der Waals surface area contributed by atoms with Crippen LogP contribution < -0.4 is 0 Å². The van der Waals surface area contributed by atoms with Gasteiger partial charge in [0.25, 0.3) is 0 Å². The highest BCUT2D eigenvalue weighted by Gasteiger charge is 2.16. The van der Waals surface area contributed by atoms with Crippen LogP contribution in [-0.4, -0.2) is 29.3 Å². The molecule has 0 fully saturated rings. The minimum absolute atomic E-state index is 0.0844. The zero-order chi connectivity index (χ0) is 9.56. The molecule has 0 rings (SSSR count). The molecule has 0 spiro atoms. The molecule has 0 bridgehead atoms. The van der Waals surface area contributed by atoms with Gasteiger partial charge in [0.1, 0.15) is 0 Å². The molecule has 0 amide bonds. The van der Waals surface area contributed by atoms with Crippen LogP contribution in [0, 0.1) is 5.92 Å². The highest BCUT2D eigenvalue weighted by atomic mass is 32.2. The molecule has 0 aromatic rings. The van der Waals surface area contributed by atoms with Crippen LogP contribution in [0.4, 0.5) is 0 Å². The molecule has 0 saturated carbocycles. The van der Waals surface area contributed by atoms with Crippen LogP contribution in [0.2, 0.25) is 0 Å². The quantitative estimate of drug-likeness (QED) is 0.609.